The van der Waals surface area contributed by atoms with E-state index in [0.717, 1.165) is 101 Å². The summed E-state index contributed by atoms with van der Waals surface area (Å²) < 4.78 is 0. The minimum Gasteiger partial charge on any atom is -0.243 e. The maximum absolute atomic E-state index is 5.63. The molecule has 0 fully saturated rings. The molecule has 4 heteroatoms. The molecule has 4 nitrogen and oxygen atoms in total. The molecule has 2 heterocycles. The lowest BCUT2D eigenvalue weighted by Gasteiger charge is -2.20. The molecule has 0 saturated heterocycles. The van der Waals surface area contributed by atoms with E-state index in [1.165, 1.54) is 0 Å². The highest BCUT2D eigenvalue weighted by molar-refractivity contribution is 5.97. The number of nitrogens with zero attached hydrogens (tertiary/aromatic N) is 4. The maximum atomic E-state index is 5.63. The van der Waals surface area contributed by atoms with E-state index in [1.807, 2.05) is 36.4 Å². The quantitative estimate of drug-likeness (QED) is 0.147. The first-order valence-electron chi connectivity index (χ1n) is 20.2. The largest absolute Gasteiger partial charge is 0.243 e. The molecule has 0 N–H and O–H groups in total. The third-order valence-corrected chi connectivity index (χ3v) is 10.7. The standard InChI is InChI=1S/C56H38N4/c1-7-23-39(24-8-1)49-51(41-27-11-3-12-28-41)59-55(53(57-49)43-31-15-5-16-32-43)47-37-21-19-35-45(47)46-36-20-22-38-48(46)56-54(44-33-17-6-18-34-44)58-50(40-25-9-2-10-26-40)52(60-56)42-29-13-4-14-30-42/h1-38H. The van der Waals surface area contributed by atoms with Gasteiger partial charge < -0.3 is 0 Å². The van der Waals surface area contributed by atoms with E-state index in [0.29, 0.717) is 0 Å². The van der Waals surface area contributed by atoms with Gasteiger partial charge in [0.2, 0.25) is 0 Å². The molecule has 10 rings (SSSR count). The molecule has 8 aromatic carbocycles. The Morgan fingerprint density at radius 2 is 0.317 bits per heavy atom. The van der Waals surface area contributed by atoms with Crippen LogP contribution in [0.4, 0.5) is 0 Å². The van der Waals surface area contributed by atoms with Crippen molar-refractivity contribution in [2.24, 2.45) is 0 Å². The third kappa shape index (κ3) is 7.08. The molecule has 10 aromatic rings. The van der Waals surface area contributed by atoms with Crippen molar-refractivity contribution in [1.82, 2.24) is 19.9 Å². The summed E-state index contributed by atoms with van der Waals surface area (Å²) in [5.41, 5.74) is 16.4. The summed E-state index contributed by atoms with van der Waals surface area (Å²) in [6, 6.07) is 79.2. The second-order valence-corrected chi connectivity index (χ2v) is 14.5. The van der Waals surface area contributed by atoms with Crippen molar-refractivity contribution in [2.45, 2.75) is 0 Å². The van der Waals surface area contributed by atoms with Crippen molar-refractivity contribution in [2.75, 3.05) is 0 Å². The molecule has 0 aliphatic heterocycles. The fourth-order valence-corrected chi connectivity index (χ4v) is 7.88. The average molecular weight is 767 g/mol. The van der Waals surface area contributed by atoms with Crippen molar-refractivity contribution < 1.29 is 0 Å². The zero-order valence-electron chi connectivity index (χ0n) is 32.7. The van der Waals surface area contributed by atoms with Crippen LogP contribution in [0.15, 0.2) is 231 Å². The highest BCUT2D eigenvalue weighted by atomic mass is 14.9. The van der Waals surface area contributed by atoms with E-state index in [4.69, 9.17) is 19.9 Å². The van der Waals surface area contributed by atoms with Gasteiger partial charge in [0, 0.05) is 44.5 Å². The maximum Gasteiger partial charge on any atom is 0.0979 e. The lowest BCUT2D eigenvalue weighted by molar-refractivity contribution is 1.21. The predicted molar refractivity (Wildman–Crippen MR) is 247 cm³/mol. The Kier molecular flexibility index (Phi) is 9.92. The molecule has 0 radical (unpaired) electrons. The van der Waals surface area contributed by atoms with Gasteiger partial charge in [-0.15, -0.1) is 0 Å². The van der Waals surface area contributed by atoms with Crippen LogP contribution in [0.2, 0.25) is 0 Å². The summed E-state index contributed by atoms with van der Waals surface area (Å²) in [7, 11) is 0. The summed E-state index contributed by atoms with van der Waals surface area (Å²) in [5, 5.41) is 0. The number of benzene rings is 8. The molecule has 282 valence electrons. The molecule has 60 heavy (non-hydrogen) atoms. The van der Waals surface area contributed by atoms with Crippen molar-refractivity contribution in [3.8, 4) is 101 Å². The lowest BCUT2D eigenvalue weighted by atomic mass is 9.89. The van der Waals surface area contributed by atoms with E-state index in [-0.39, 0.29) is 0 Å². The zero-order valence-corrected chi connectivity index (χ0v) is 32.7. The summed E-state index contributed by atoms with van der Waals surface area (Å²) in [5.74, 6) is 0. The minimum absolute atomic E-state index is 0.795. The minimum atomic E-state index is 0.795. The van der Waals surface area contributed by atoms with Gasteiger partial charge in [0.05, 0.1) is 45.6 Å². The normalized spacial score (nSPS) is 11.0. The van der Waals surface area contributed by atoms with Gasteiger partial charge in [0.25, 0.3) is 0 Å². The fraction of sp³-hybridized carbons (Fsp3) is 0. The van der Waals surface area contributed by atoms with Gasteiger partial charge in [-0.2, -0.15) is 0 Å². The number of hydrogen-bond acceptors (Lipinski definition) is 4. The Bertz CT molecular complexity index is 2830. The fourth-order valence-electron chi connectivity index (χ4n) is 7.88. The average Bonchev–Trinajstić information content (AvgIpc) is 3.35. The van der Waals surface area contributed by atoms with Crippen LogP contribution in [0.25, 0.3) is 101 Å². The number of rotatable bonds is 9. The van der Waals surface area contributed by atoms with Gasteiger partial charge in [0.1, 0.15) is 0 Å². The van der Waals surface area contributed by atoms with Crippen LogP contribution in [0, 0.1) is 0 Å². The monoisotopic (exact) mass is 766 g/mol. The van der Waals surface area contributed by atoms with Crippen LogP contribution < -0.4 is 0 Å². The molecular weight excluding hydrogens is 729 g/mol. The van der Waals surface area contributed by atoms with E-state index in [2.05, 4.69) is 194 Å². The lowest BCUT2D eigenvalue weighted by Crippen LogP contribution is -2.03. The van der Waals surface area contributed by atoms with Crippen molar-refractivity contribution in [3.63, 3.8) is 0 Å². The van der Waals surface area contributed by atoms with Crippen LogP contribution in [0.1, 0.15) is 0 Å². The summed E-state index contributed by atoms with van der Waals surface area (Å²) >= 11 is 0. The predicted octanol–water partition coefficient (Wildman–Crippen LogP) is 14.3. The van der Waals surface area contributed by atoms with Gasteiger partial charge >= 0.3 is 0 Å². The zero-order chi connectivity index (χ0) is 40.1. The molecule has 0 bridgehead atoms. The smallest absolute Gasteiger partial charge is 0.0979 e. The molecule has 0 atom stereocenters. The highest BCUT2D eigenvalue weighted by Crippen LogP contribution is 2.45. The van der Waals surface area contributed by atoms with E-state index < -0.39 is 0 Å². The van der Waals surface area contributed by atoms with Gasteiger partial charge in [-0.25, -0.2) is 19.9 Å². The molecular formula is C56H38N4. The molecule has 0 aliphatic rings. The third-order valence-electron chi connectivity index (χ3n) is 10.7. The first-order valence-corrected chi connectivity index (χ1v) is 20.2. The molecule has 2 aromatic heterocycles. The molecule has 0 saturated carbocycles. The topological polar surface area (TPSA) is 51.6 Å². The van der Waals surface area contributed by atoms with Crippen molar-refractivity contribution in [1.29, 1.82) is 0 Å². The second-order valence-electron chi connectivity index (χ2n) is 14.5. The van der Waals surface area contributed by atoms with E-state index >= 15 is 0 Å². The van der Waals surface area contributed by atoms with Gasteiger partial charge in [-0.3, -0.25) is 0 Å². The SMILES string of the molecule is c1ccc(-c2nc(-c3ccccc3)c(-c3ccccc3-c3ccccc3-c3nc(-c4ccccc4)c(-c4ccccc4)nc3-c3ccccc3)nc2-c2ccccc2)cc1. The summed E-state index contributed by atoms with van der Waals surface area (Å²) in [6.07, 6.45) is 0. The van der Waals surface area contributed by atoms with Gasteiger partial charge in [-0.05, 0) is 11.1 Å². The molecule has 0 spiro atoms. The molecule has 0 unspecified atom stereocenters. The van der Waals surface area contributed by atoms with Gasteiger partial charge in [0.15, 0.2) is 0 Å². The Hall–Kier alpha value is -8.08. The second kappa shape index (κ2) is 16.4. The van der Waals surface area contributed by atoms with Crippen LogP contribution >= 0.6 is 0 Å². The summed E-state index contributed by atoms with van der Waals surface area (Å²) in [4.78, 5) is 22.3. The Balaban J connectivity index is 1.25. The Morgan fingerprint density at radius 1 is 0.150 bits per heavy atom. The van der Waals surface area contributed by atoms with E-state index in [1.54, 1.807) is 0 Å². The van der Waals surface area contributed by atoms with E-state index in [9.17, 15) is 0 Å². The van der Waals surface area contributed by atoms with Gasteiger partial charge in [-0.1, -0.05) is 231 Å². The van der Waals surface area contributed by atoms with Crippen LogP contribution in [-0.4, -0.2) is 19.9 Å². The van der Waals surface area contributed by atoms with Crippen LogP contribution in [0.3, 0.4) is 0 Å². The van der Waals surface area contributed by atoms with Crippen molar-refractivity contribution >= 4 is 0 Å². The summed E-state index contributed by atoms with van der Waals surface area (Å²) in [6.45, 7) is 0. The molecule has 0 amide bonds. The number of aromatic nitrogens is 4. The van der Waals surface area contributed by atoms with Crippen molar-refractivity contribution in [3.05, 3.63) is 231 Å². The highest BCUT2D eigenvalue weighted by Gasteiger charge is 2.25. The molecule has 0 aliphatic carbocycles. The van der Waals surface area contributed by atoms with Crippen LogP contribution in [-0.2, 0) is 0 Å². The van der Waals surface area contributed by atoms with Crippen LogP contribution in [0.5, 0.6) is 0 Å². The Labute approximate surface area is 350 Å². The first-order chi connectivity index (χ1) is 29.8. The Morgan fingerprint density at radius 3 is 0.550 bits per heavy atom. The first kappa shape index (κ1) is 36.3. The number of hydrogen-bond donors (Lipinski definition) is 0.